The van der Waals surface area contributed by atoms with E-state index in [1.165, 1.54) is 0 Å². The van der Waals surface area contributed by atoms with Gasteiger partial charge in [0.05, 0.1) is 18.1 Å². The first-order valence-electron chi connectivity index (χ1n) is 8.44. The maximum atomic E-state index is 13.1. The van der Waals surface area contributed by atoms with Crippen molar-refractivity contribution in [2.75, 3.05) is 20.2 Å². The van der Waals surface area contributed by atoms with Crippen molar-refractivity contribution in [2.24, 2.45) is 5.92 Å². The molecule has 7 heteroatoms. The third kappa shape index (κ3) is 3.05. The number of carbonyl (C=O) groups excluding carboxylic acids is 2. The van der Waals surface area contributed by atoms with Gasteiger partial charge in [-0.25, -0.2) is 4.98 Å². The molecule has 0 aromatic carbocycles. The Bertz CT molecular complexity index is 608. The molecule has 3 atom stereocenters. The average molecular weight is 334 g/mol. The summed E-state index contributed by atoms with van der Waals surface area (Å²) in [6.07, 6.45) is 4.46. The third-order valence-electron chi connectivity index (χ3n) is 5.00. The number of imidazole rings is 1. The minimum absolute atomic E-state index is 0.000117. The molecule has 1 N–H and O–H groups in total. The first kappa shape index (κ1) is 17.0. The van der Waals surface area contributed by atoms with Gasteiger partial charge >= 0.3 is 0 Å². The van der Waals surface area contributed by atoms with E-state index in [0.717, 1.165) is 12.2 Å². The van der Waals surface area contributed by atoms with E-state index in [9.17, 15) is 9.59 Å². The number of rotatable bonds is 3. The van der Waals surface area contributed by atoms with Gasteiger partial charge in [0, 0.05) is 51.0 Å². The normalized spacial score (nSPS) is 28.0. The molecule has 1 aromatic heterocycles. The van der Waals surface area contributed by atoms with Crippen LogP contribution in [0.15, 0.2) is 12.4 Å². The van der Waals surface area contributed by atoms with Gasteiger partial charge in [-0.3, -0.25) is 9.59 Å². The first-order chi connectivity index (χ1) is 11.3. The highest BCUT2D eigenvalue weighted by Gasteiger charge is 2.45. The monoisotopic (exact) mass is 334 g/mol. The van der Waals surface area contributed by atoms with Gasteiger partial charge in [-0.05, 0) is 20.8 Å². The number of hydrogen-bond acceptors (Lipinski definition) is 4. The van der Waals surface area contributed by atoms with Crippen molar-refractivity contribution in [1.29, 1.82) is 0 Å². The molecule has 2 aliphatic heterocycles. The first-order valence-corrected chi connectivity index (χ1v) is 8.44. The molecule has 2 saturated heterocycles. The van der Waals surface area contributed by atoms with Gasteiger partial charge in [-0.2, -0.15) is 0 Å². The summed E-state index contributed by atoms with van der Waals surface area (Å²) in [5.74, 6) is 0.568. The van der Waals surface area contributed by atoms with Crippen molar-refractivity contribution in [3.05, 3.63) is 18.2 Å². The molecule has 0 saturated carbocycles. The molecule has 2 aliphatic rings. The predicted molar refractivity (Wildman–Crippen MR) is 88.0 cm³/mol. The Morgan fingerprint density at radius 3 is 2.67 bits per heavy atom. The van der Waals surface area contributed by atoms with E-state index in [4.69, 9.17) is 4.74 Å². The smallest absolute Gasteiger partial charge is 0.228 e. The van der Waals surface area contributed by atoms with Crippen LogP contribution in [-0.4, -0.2) is 63.4 Å². The van der Waals surface area contributed by atoms with Gasteiger partial charge in [0.15, 0.2) is 0 Å². The van der Waals surface area contributed by atoms with Crippen molar-refractivity contribution in [3.63, 3.8) is 0 Å². The molecule has 132 valence electrons. The molecule has 3 rings (SSSR count). The number of aromatic nitrogens is 2. The minimum Gasteiger partial charge on any atom is -0.380 e. The molecule has 0 spiro atoms. The van der Waals surface area contributed by atoms with Crippen LogP contribution in [0.25, 0.3) is 0 Å². The van der Waals surface area contributed by atoms with E-state index in [1.54, 1.807) is 24.4 Å². The van der Waals surface area contributed by atoms with Crippen LogP contribution in [0.4, 0.5) is 0 Å². The van der Waals surface area contributed by atoms with Crippen molar-refractivity contribution < 1.29 is 14.3 Å². The number of carbonyl (C=O) groups is 2. The SMILES string of the molecule is CO[C@@H]1C[C@@H](c2ncc[nH]2)N(C(=O)C2CC(=O)N(C(C)(C)C)C2)C1. The van der Waals surface area contributed by atoms with E-state index in [1.807, 2.05) is 25.7 Å². The van der Waals surface area contributed by atoms with E-state index in [2.05, 4.69) is 9.97 Å². The topological polar surface area (TPSA) is 78.5 Å². The number of nitrogens with zero attached hydrogens (tertiary/aromatic N) is 3. The van der Waals surface area contributed by atoms with E-state index >= 15 is 0 Å². The highest BCUT2D eigenvalue weighted by Crippen LogP contribution is 2.35. The summed E-state index contributed by atoms with van der Waals surface area (Å²) in [7, 11) is 1.66. The fraction of sp³-hybridized carbons (Fsp3) is 0.706. The zero-order valence-corrected chi connectivity index (χ0v) is 14.8. The summed E-state index contributed by atoms with van der Waals surface area (Å²) in [6.45, 7) is 7.03. The van der Waals surface area contributed by atoms with E-state index < -0.39 is 0 Å². The minimum atomic E-state index is -0.287. The van der Waals surface area contributed by atoms with Crippen LogP contribution in [-0.2, 0) is 14.3 Å². The number of methoxy groups -OCH3 is 1. The summed E-state index contributed by atoms with van der Waals surface area (Å²) in [6, 6.07) is -0.115. The van der Waals surface area contributed by atoms with Gasteiger partial charge < -0.3 is 19.5 Å². The lowest BCUT2D eigenvalue weighted by Gasteiger charge is -2.32. The van der Waals surface area contributed by atoms with Crippen molar-refractivity contribution in [1.82, 2.24) is 19.8 Å². The highest BCUT2D eigenvalue weighted by molar-refractivity contribution is 5.90. The molecular formula is C17H26N4O3. The number of aromatic amines is 1. The zero-order chi connectivity index (χ0) is 17.5. The second kappa shape index (κ2) is 6.20. The average Bonchev–Trinajstić information content (AvgIpc) is 3.23. The summed E-state index contributed by atoms with van der Waals surface area (Å²) in [4.78, 5) is 36.4. The van der Waals surface area contributed by atoms with E-state index in [0.29, 0.717) is 13.1 Å². The van der Waals surface area contributed by atoms with E-state index in [-0.39, 0.29) is 41.8 Å². The van der Waals surface area contributed by atoms with Crippen LogP contribution in [0.3, 0.4) is 0 Å². The number of ether oxygens (including phenoxy) is 1. The lowest BCUT2D eigenvalue weighted by molar-refractivity contribution is -0.137. The quantitative estimate of drug-likeness (QED) is 0.905. The Labute approximate surface area is 142 Å². The van der Waals surface area contributed by atoms with Crippen LogP contribution in [0.2, 0.25) is 0 Å². The van der Waals surface area contributed by atoms with Crippen LogP contribution >= 0.6 is 0 Å². The van der Waals surface area contributed by atoms with Crippen molar-refractivity contribution >= 4 is 11.8 Å². The Balaban J connectivity index is 1.77. The Morgan fingerprint density at radius 2 is 2.12 bits per heavy atom. The molecule has 2 fully saturated rings. The van der Waals surface area contributed by atoms with Gasteiger partial charge in [0.1, 0.15) is 5.82 Å². The number of nitrogens with one attached hydrogen (secondary N) is 1. The third-order valence-corrected chi connectivity index (χ3v) is 5.00. The maximum absolute atomic E-state index is 13.1. The Kier molecular flexibility index (Phi) is 4.38. The lowest BCUT2D eigenvalue weighted by atomic mass is 10.1. The van der Waals surface area contributed by atoms with Gasteiger partial charge in [0.2, 0.25) is 11.8 Å². The second-order valence-corrected chi connectivity index (χ2v) is 7.65. The second-order valence-electron chi connectivity index (χ2n) is 7.65. The lowest BCUT2D eigenvalue weighted by Crippen LogP contribution is -2.43. The zero-order valence-electron chi connectivity index (χ0n) is 14.8. The van der Waals surface area contributed by atoms with Crippen molar-refractivity contribution in [3.8, 4) is 0 Å². The maximum Gasteiger partial charge on any atom is 0.228 e. The number of H-pyrrole nitrogens is 1. The molecule has 24 heavy (non-hydrogen) atoms. The summed E-state index contributed by atoms with van der Waals surface area (Å²) >= 11 is 0. The fourth-order valence-corrected chi connectivity index (χ4v) is 3.69. The molecule has 0 aliphatic carbocycles. The number of hydrogen-bond donors (Lipinski definition) is 1. The summed E-state index contributed by atoms with van der Waals surface area (Å²) in [5, 5.41) is 0. The summed E-state index contributed by atoms with van der Waals surface area (Å²) < 4.78 is 5.47. The number of likely N-dealkylation sites (tertiary alicyclic amines) is 2. The summed E-state index contributed by atoms with van der Waals surface area (Å²) in [5.41, 5.74) is -0.257. The molecular weight excluding hydrogens is 308 g/mol. The number of amides is 2. The molecule has 7 nitrogen and oxygen atoms in total. The predicted octanol–water partition coefficient (Wildman–Crippen LogP) is 1.35. The molecule has 0 radical (unpaired) electrons. The molecule has 0 bridgehead atoms. The molecule has 1 aromatic rings. The van der Waals surface area contributed by atoms with Crippen LogP contribution in [0, 0.1) is 5.92 Å². The molecule has 1 unspecified atom stereocenters. The van der Waals surface area contributed by atoms with Crippen LogP contribution in [0.5, 0.6) is 0 Å². The van der Waals surface area contributed by atoms with Gasteiger partial charge in [-0.15, -0.1) is 0 Å². The Hall–Kier alpha value is -1.89. The molecule has 3 heterocycles. The Morgan fingerprint density at radius 1 is 1.38 bits per heavy atom. The largest absolute Gasteiger partial charge is 0.380 e. The van der Waals surface area contributed by atoms with Crippen LogP contribution < -0.4 is 0 Å². The van der Waals surface area contributed by atoms with Gasteiger partial charge in [0.25, 0.3) is 0 Å². The van der Waals surface area contributed by atoms with Crippen molar-refractivity contribution in [2.45, 2.75) is 51.3 Å². The molecule has 2 amide bonds. The standard InChI is InChI=1S/C17H26N4O3/c1-17(2,3)21-9-11(7-14(21)22)16(23)20-10-12(24-4)8-13(20)15-18-5-6-19-15/h5-6,11-13H,7-10H2,1-4H3,(H,18,19)/t11?,12-,13+/m1/s1. The van der Waals surface area contributed by atoms with Crippen LogP contribution in [0.1, 0.15) is 45.5 Å². The van der Waals surface area contributed by atoms with Gasteiger partial charge in [-0.1, -0.05) is 0 Å². The highest BCUT2D eigenvalue weighted by atomic mass is 16.5. The fourth-order valence-electron chi connectivity index (χ4n) is 3.69.